The zero-order chi connectivity index (χ0) is 14.8. The molecule has 0 spiro atoms. The summed E-state index contributed by atoms with van der Waals surface area (Å²) in [4.78, 5) is 13.5. The molecule has 0 aliphatic carbocycles. The number of halogens is 6. The van der Waals surface area contributed by atoms with Crippen LogP contribution in [0.25, 0.3) is 5.76 Å². The van der Waals surface area contributed by atoms with Gasteiger partial charge in [-0.05, 0) is 23.8 Å². The van der Waals surface area contributed by atoms with Crippen LogP contribution in [0.3, 0.4) is 0 Å². The van der Waals surface area contributed by atoms with Gasteiger partial charge < -0.3 is 5.11 Å². The maximum Gasteiger partial charge on any atom is 0.433 e. The molecular weight excluding hydrogens is 297 g/mol. The molecule has 3 nitrogen and oxygen atoms in total. The van der Waals surface area contributed by atoms with E-state index in [-0.39, 0.29) is 6.08 Å². The smallest absolute Gasteiger partial charge is 0.433 e. The summed E-state index contributed by atoms with van der Waals surface area (Å²) < 4.78 is 60.9. The number of nitrogens with zero attached hydrogens (tertiary/aromatic N) is 1. The number of aromatic nitrogens is 1. The Labute approximate surface area is 108 Å². The van der Waals surface area contributed by atoms with Crippen LogP contribution >= 0.6 is 11.6 Å². The predicted octanol–water partition coefficient (Wildman–Crippen LogP) is 2.29. The summed E-state index contributed by atoms with van der Waals surface area (Å²) in [6.45, 7) is 0. The van der Waals surface area contributed by atoms with Crippen LogP contribution in [0.5, 0.6) is 0 Å². The van der Waals surface area contributed by atoms with Crippen LogP contribution in [-0.4, -0.2) is 17.2 Å². The fraction of sp³-hybridized carbons (Fsp3) is 0.200. The van der Waals surface area contributed by atoms with Gasteiger partial charge in [0.2, 0.25) is 5.78 Å². The Morgan fingerprint density at radius 1 is 1.37 bits per heavy atom. The maximum absolute atomic E-state index is 12.4. The number of rotatable bonds is 3. The van der Waals surface area contributed by atoms with Gasteiger partial charge in [-0.2, -0.15) is 13.2 Å². The van der Waals surface area contributed by atoms with Crippen molar-refractivity contribution in [3.63, 3.8) is 0 Å². The average Bonchev–Trinajstić information content (AvgIpc) is 2.26. The van der Waals surface area contributed by atoms with Gasteiger partial charge in [-0.3, -0.25) is 4.79 Å². The van der Waals surface area contributed by atoms with Gasteiger partial charge in [0.1, 0.15) is 10.8 Å². The molecule has 1 heterocycles. The van der Waals surface area contributed by atoms with Gasteiger partial charge in [-0.15, -0.1) is 0 Å². The largest absolute Gasteiger partial charge is 0.872 e. The van der Waals surface area contributed by atoms with Crippen molar-refractivity contribution in [2.45, 2.75) is 12.6 Å². The third-order valence-electron chi connectivity index (χ3n) is 1.86. The van der Waals surface area contributed by atoms with Crippen molar-refractivity contribution in [2.24, 2.45) is 0 Å². The third-order valence-corrected chi connectivity index (χ3v) is 2.05. The summed E-state index contributed by atoms with van der Waals surface area (Å²) in [5, 5.41) is 10.7. The van der Waals surface area contributed by atoms with Gasteiger partial charge in [0.25, 0.3) is 6.43 Å². The lowest BCUT2D eigenvalue weighted by molar-refractivity contribution is -0.244. The molecule has 19 heavy (non-hydrogen) atoms. The van der Waals surface area contributed by atoms with E-state index in [9.17, 15) is 31.9 Å². The number of hydrogen-bond acceptors (Lipinski definition) is 3. The molecule has 0 fully saturated rings. The van der Waals surface area contributed by atoms with E-state index in [2.05, 4.69) is 4.98 Å². The monoisotopic (exact) mass is 300 g/mol. The minimum atomic E-state index is -4.85. The molecule has 104 valence electrons. The van der Waals surface area contributed by atoms with E-state index in [0.29, 0.717) is 6.07 Å². The van der Waals surface area contributed by atoms with Crippen LogP contribution in [0.2, 0.25) is 5.15 Å². The Hall–Kier alpha value is -1.70. The molecule has 0 aromatic carbocycles. The highest BCUT2D eigenvalue weighted by molar-refractivity contribution is 6.29. The van der Waals surface area contributed by atoms with Crippen molar-refractivity contribution in [3.8, 4) is 0 Å². The van der Waals surface area contributed by atoms with Gasteiger partial charge >= 0.3 is 6.18 Å². The molecule has 0 aliphatic heterocycles. The molecule has 0 unspecified atom stereocenters. The number of carbonyl (C=O) groups is 1. The average molecular weight is 301 g/mol. The zero-order valence-corrected chi connectivity index (χ0v) is 9.60. The van der Waals surface area contributed by atoms with E-state index in [1.54, 1.807) is 0 Å². The summed E-state index contributed by atoms with van der Waals surface area (Å²) in [7, 11) is 0. The minimum absolute atomic E-state index is 0.0104. The normalized spacial score (nSPS) is 12.9. The zero-order valence-electron chi connectivity index (χ0n) is 8.84. The fourth-order valence-corrected chi connectivity index (χ4v) is 1.27. The molecule has 0 aliphatic rings. The highest BCUT2D eigenvalue weighted by atomic mass is 35.5. The maximum atomic E-state index is 12.4. The molecule has 1 aromatic rings. The molecule has 0 N–H and O–H groups in total. The summed E-state index contributed by atoms with van der Waals surface area (Å²) in [5.41, 5.74) is -2.11. The lowest BCUT2D eigenvalue weighted by atomic mass is 10.1. The van der Waals surface area contributed by atoms with Gasteiger partial charge in [-0.1, -0.05) is 17.4 Å². The minimum Gasteiger partial charge on any atom is -0.872 e. The number of carbonyl (C=O) groups excluding carboxylic acids is 1. The van der Waals surface area contributed by atoms with Crippen LogP contribution < -0.4 is 5.11 Å². The van der Waals surface area contributed by atoms with Crippen molar-refractivity contribution in [1.82, 2.24) is 4.98 Å². The number of ketones is 1. The van der Waals surface area contributed by atoms with E-state index in [4.69, 9.17) is 11.6 Å². The highest BCUT2D eigenvalue weighted by Crippen LogP contribution is 2.30. The third kappa shape index (κ3) is 4.16. The molecule has 0 bridgehead atoms. The molecular formula is C10H4ClF5NO2-. The van der Waals surface area contributed by atoms with Crippen LogP contribution in [0.4, 0.5) is 22.0 Å². The van der Waals surface area contributed by atoms with Gasteiger partial charge in [0, 0.05) is 0 Å². The second-order valence-corrected chi connectivity index (χ2v) is 3.66. The number of hydrogen-bond donors (Lipinski definition) is 0. The number of alkyl halides is 5. The van der Waals surface area contributed by atoms with E-state index in [0.717, 1.165) is 6.07 Å². The highest BCUT2D eigenvalue weighted by Gasteiger charge is 2.33. The molecule has 1 rings (SSSR count). The summed E-state index contributed by atoms with van der Waals surface area (Å²) >= 11 is 5.29. The van der Waals surface area contributed by atoms with Crippen molar-refractivity contribution in [1.29, 1.82) is 0 Å². The molecule has 0 saturated carbocycles. The quantitative estimate of drug-likeness (QED) is 0.372. The Morgan fingerprint density at radius 3 is 2.42 bits per heavy atom. The second-order valence-electron chi connectivity index (χ2n) is 3.27. The first-order valence-corrected chi connectivity index (χ1v) is 4.95. The Kier molecular flexibility index (Phi) is 4.46. The van der Waals surface area contributed by atoms with Gasteiger partial charge in [0.05, 0.1) is 0 Å². The van der Waals surface area contributed by atoms with Crippen molar-refractivity contribution < 1.29 is 31.9 Å². The van der Waals surface area contributed by atoms with Crippen molar-refractivity contribution >= 4 is 23.1 Å². The van der Waals surface area contributed by atoms with E-state index in [1.165, 1.54) is 0 Å². The Bertz CT molecular complexity index is 527. The van der Waals surface area contributed by atoms with Crippen LogP contribution in [0, 0.1) is 0 Å². The summed E-state index contributed by atoms with van der Waals surface area (Å²) in [5.74, 6) is -3.11. The van der Waals surface area contributed by atoms with E-state index < -0.39 is 40.6 Å². The van der Waals surface area contributed by atoms with E-state index >= 15 is 0 Å². The first-order valence-electron chi connectivity index (χ1n) is 4.57. The first-order chi connectivity index (χ1) is 8.61. The first kappa shape index (κ1) is 15.4. The Balaban J connectivity index is 3.21. The predicted molar refractivity (Wildman–Crippen MR) is 53.2 cm³/mol. The standard InChI is InChI=1S/C10H5ClF5NO2/c11-8-2-4(1-7(17-8)10(14,15)16)5(18)3-6(19)9(12)13/h1-3,9,18H/p-1/b5-3-. The molecule has 0 atom stereocenters. The van der Waals surface area contributed by atoms with Crippen LogP contribution in [-0.2, 0) is 11.0 Å². The topological polar surface area (TPSA) is 53.0 Å². The molecule has 9 heteroatoms. The molecule has 1 aromatic heterocycles. The number of pyridine rings is 1. The van der Waals surface area contributed by atoms with Crippen LogP contribution in [0.1, 0.15) is 11.3 Å². The summed E-state index contributed by atoms with van der Waals surface area (Å²) in [6.07, 6.45) is -8.26. The van der Waals surface area contributed by atoms with Crippen LogP contribution in [0.15, 0.2) is 18.2 Å². The molecule has 0 saturated heterocycles. The Morgan fingerprint density at radius 2 is 1.95 bits per heavy atom. The number of allylic oxidation sites excluding steroid dienone is 1. The van der Waals surface area contributed by atoms with Gasteiger partial charge in [-0.25, -0.2) is 13.8 Å². The second kappa shape index (κ2) is 5.52. The lowest BCUT2D eigenvalue weighted by Crippen LogP contribution is -2.13. The SMILES string of the molecule is O=C(/C=C(\[O-])c1cc(Cl)nc(C(F)(F)F)c1)C(F)F. The summed E-state index contributed by atoms with van der Waals surface area (Å²) in [6, 6.07) is 1.07. The van der Waals surface area contributed by atoms with Crippen molar-refractivity contribution in [3.05, 3.63) is 34.6 Å². The van der Waals surface area contributed by atoms with Crippen molar-refractivity contribution in [2.75, 3.05) is 0 Å². The van der Waals surface area contributed by atoms with Gasteiger partial charge in [0.15, 0.2) is 0 Å². The fourth-order valence-electron chi connectivity index (χ4n) is 1.06. The van der Waals surface area contributed by atoms with E-state index in [1.807, 2.05) is 0 Å². The molecule has 0 amide bonds. The lowest BCUT2D eigenvalue weighted by Gasteiger charge is -2.14. The molecule has 0 radical (unpaired) electrons.